The topological polar surface area (TPSA) is 68.2 Å². The molecule has 0 spiro atoms. The number of fused-ring (bicyclic) bond motifs is 1. The molecule has 1 atom stereocenters. The van der Waals surface area contributed by atoms with Crippen LogP contribution in [-0.4, -0.2) is 28.4 Å². The lowest BCUT2D eigenvalue weighted by molar-refractivity contribution is -0.144. The summed E-state index contributed by atoms with van der Waals surface area (Å²) in [5.74, 6) is 0.0674. The van der Waals surface area contributed by atoms with E-state index in [-0.39, 0.29) is 0 Å². The van der Waals surface area contributed by atoms with Crippen molar-refractivity contribution in [1.29, 1.82) is 0 Å². The van der Waals surface area contributed by atoms with Crippen molar-refractivity contribution < 1.29 is 9.53 Å². The molecule has 0 aromatic carbocycles. The smallest absolute Gasteiger partial charge is 0.353 e. The van der Waals surface area contributed by atoms with E-state index >= 15 is 0 Å². The standard InChI is InChI=1S/C8H10N4O2S/c1-8(6(13)14-2)10-7-9-4-3-5(15)12(7)11-8/h3-4,11H,1-2H3,(H,9,10). The van der Waals surface area contributed by atoms with Gasteiger partial charge < -0.3 is 10.1 Å². The van der Waals surface area contributed by atoms with E-state index in [4.69, 9.17) is 12.2 Å². The first-order chi connectivity index (χ1) is 7.07. The highest BCUT2D eigenvalue weighted by Crippen LogP contribution is 2.20. The van der Waals surface area contributed by atoms with Crippen LogP contribution >= 0.6 is 12.2 Å². The van der Waals surface area contributed by atoms with E-state index in [0.29, 0.717) is 10.6 Å². The third-order valence-corrected chi connectivity index (χ3v) is 2.46. The Labute approximate surface area is 91.2 Å². The lowest BCUT2D eigenvalue weighted by atomic mass is 10.2. The molecule has 0 bridgehead atoms. The van der Waals surface area contributed by atoms with Gasteiger partial charge in [0.1, 0.15) is 4.64 Å². The van der Waals surface area contributed by atoms with Crippen molar-refractivity contribution in [2.75, 3.05) is 17.9 Å². The van der Waals surface area contributed by atoms with E-state index in [1.807, 2.05) is 0 Å². The summed E-state index contributed by atoms with van der Waals surface area (Å²) in [7, 11) is 1.33. The summed E-state index contributed by atoms with van der Waals surface area (Å²) in [4.78, 5) is 15.5. The Kier molecular flexibility index (Phi) is 2.11. The maximum atomic E-state index is 11.5. The predicted octanol–water partition coefficient (Wildman–Crippen LogP) is 0.471. The second-order valence-corrected chi connectivity index (χ2v) is 3.71. The van der Waals surface area contributed by atoms with Crippen LogP contribution < -0.4 is 10.7 Å². The van der Waals surface area contributed by atoms with Gasteiger partial charge in [0.05, 0.1) is 7.11 Å². The van der Waals surface area contributed by atoms with Crippen LogP contribution in [0.25, 0.3) is 0 Å². The summed E-state index contributed by atoms with van der Waals surface area (Å²) in [6.07, 6.45) is 1.58. The Hall–Kier alpha value is -1.63. The van der Waals surface area contributed by atoms with E-state index in [1.54, 1.807) is 19.2 Å². The lowest BCUT2D eigenvalue weighted by Gasteiger charge is -2.20. The largest absolute Gasteiger partial charge is 0.466 e. The number of anilines is 1. The van der Waals surface area contributed by atoms with E-state index < -0.39 is 11.6 Å². The molecule has 7 heteroatoms. The number of nitrogens with one attached hydrogen (secondary N) is 2. The molecule has 2 heterocycles. The van der Waals surface area contributed by atoms with Crippen molar-refractivity contribution >= 4 is 24.1 Å². The van der Waals surface area contributed by atoms with Gasteiger partial charge in [0.25, 0.3) is 0 Å². The summed E-state index contributed by atoms with van der Waals surface area (Å²) in [6, 6.07) is 1.66. The van der Waals surface area contributed by atoms with E-state index in [0.717, 1.165) is 0 Å². The number of carbonyl (C=O) groups is 1. The average Bonchev–Trinajstić information content (AvgIpc) is 2.57. The van der Waals surface area contributed by atoms with Crippen LogP contribution in [0.5, 0.6) is 0 Å². The van der Waals surface area contributed by atoms with Gasteiger partial charge in [-0.15, -0.1) is 0 Å². The molecule has 1 aromatic rings. The minimum Gasteiger partial charge on any atom is -0.466 e. The van der Waals surface area contributed by atoms with Gasteiger partial charge in [-0.3, -0.25) is 5.43 Å². The third kappa shape index (κ3) is 1.44. The second kappa shape index (κ2) is 3.20. The van der Waals surface area contributed by atoms with Crippen molar-refractivity contribution in [3.8, 4) is 0 Å². The zero-order chi connectivity index (χ0) is 11.1. The van der Waals surface area contributed by atoms with Crippen LogP contribution in [-0.2, 0) is 9.53 Å². The maximum absolute atomic E-state index is 11.5. The van der Waals surface area contributed by atoms with E-state index in [1.165, 1.54) is 11.8 Å². The van der Waals surface area contributed by atoms with Gasteiger partial charge >= 0.3 is 5.97 Å². The van der Waals surface area contributed by atoms with Gasteiger partial charge in [-0.05, 0) is 13.0 Å². The van der Waals surface area contributed by atoms with Crippen LogP contribution in [0.2, 0.25) is 0 Å². The molecule has 2 N–H and O–H groups in total. The molecule has 1 aliphatic heterocycles. The molecule has 1 aromatic heterocycles. The summed E-state index contributed by atoms with van der Waals surface area (Å²) in [6.45, 7) is 1.66. The third-order valence-electron chi connectivity index (χ3n) is 2.14. The molecule has 0 saturated carbocycles. The van der Waals surface area contributed by atoms with Crippen molar-refractivity contribution in [2.45, 2.75) is 12.6 Å². The molecule has 0 radical (unpaired) electrons. The SMILES string of the molecule is COC(=O)C1(C)Nc2nccc(=S)n2N1. The summed E-state index contributed by atoms with van der Waals surface area (Å²) in [5, 5.41) is 2.90. The first-order valence-electron chi connectivity index (χ1n) is 4.30. The van der Waals surface area contributed by atoms with Crippen LogP contribution in [0.1, 0.15) is 6.92 Å². The minimum absolute atomic E-state index is 0.428. The quantitative estimate of drug-likeness (QED) is 0.536. The molecular formula is C8H10N4O2S. The van der Waals surface area contributed by atoms with E-state index in [9.17, 15) is 4.79 Å². The van der Waals surface area contributed by atoms with Crippen LogP contribution in [0.4, 0.5) is 5.95 Å². The molecule has 1 aliphatic rings. The molecule has 15 heavy (non-hydrogen) atoms. The van der Waals surface area contributed by atoms with Crippen molar-refractivity contribution in [2.24, 2.45) is 0 Å². The molecular weight excluding hydrogens is 216 g/mol. The highest BCUT2D eigenvalue weighted by atomic mass is 32.1. The Morgan fingerprint density at radius 2 is 2.47 bits per heavy atom. The van der Waals surface area contributed by atoms with Gasteiger partial charge in [0.2, 0.25) is 11.6 Å². The summed E-state index contributed by atoms with van der Waals surface area (Å²) < 4.78 is 6.74. The maximum Gasteiger partial charge on any atom is 0.353 e. The van der Waals surface area contributed by atoms with Gasteiger partial charge in [-0.2, -0.15) is 0 Å². The number of aromatic nitrogens is 2. The number of methoxy groups -OCH3 is 1. The van der Waals surface area contributed by atoms with Crippen molar-refractivity contribution in [3.05, 3.63) is 16.9 Å². The predicted molar refractivity (Wildman–Crippen MR) is 56.5 cm³/mol. The average molecular weight is 226 g/mol. The molecule has 2 rings (SSSR count). The number of carbonyl (C=O) groups excluding carboxylic acids is 1. The van der Waals surface area contributed by atoms with Gasteiger partial charge in [-0.1, -0.05) is 12.2 Å². The van der Waals surface area contributed by atoms with Gasteiger partial charge in [-0.25, -0.2) is 14.5 Å². The number of ether oxygens (including phenoxy) is 1. The Bertz CT molecular complexity index is 472. The Morgan fingerprint density at radius 1 is 1.73 bits per heavy atom. The number of esters is 1. The number of hydrogen-bond donors (Lipinski definition) is 2. The molecule has 0 amide bonds. The normalized spacial score (nSPS) is 22.5. The number of nitrogens with zero attached hydrogens (tertiary/aromatic N) is 2. The zero-order valence-corrected chi connectivity index (χ0v) is 9.09. The summed E-state index contributed by atoms with van der Waals surface area (Å²) >= 11 is 5.07. The van der Waals surface area contributed by atoms with Crippen LogP contribution in [0, 0.1) is 4.64 Å². The minimum atomic E-state index is -1.02. The highest BCUT2D eigenvalue weighted by Gasteiger charge is 2.40. The molecule has 6 nitrogen and oxygen atoms in total. The monoisotopic (exact) mass is 226 g/mol. The number of rotatable bonds is 1. The second-order valence-electron chi connectivity index (χ2n) is 3.30. The molecule has 1 unspecified atom stereocenters. The fourth-order valence-corrected chi connectivity index (χ4v) is 1.57. The fraction of sp³-hybridized carbons (Fsp3) is 0.375. The highest BCUT2D eigenvalue weighted by molar-refractivity contribution is 7.71. The van der Waals surface area contributed by atoms with Gasteiger partial charge in [0, 0.05) is 6.20 Å². The van der Waals surface area contributed by atoms with Crippen LogP contribution in [0.3, 0.4) is 0 Å². The van der Waals surface area contributed by atoms with Crippen molar-refractivity contribution in [3.63, 3.8) is 0 Å². The first-order valence-corrected chi connectivity index (χ1v) is 4.70. The molecule has 0 fully saturated rings. The van der Waals surface area contributed by atoms with Crippen molar-refractivity contribution in [1.82, 2.24) is 9.66 Å². The lowest BCUT2D eigenvalue weighted by Crippen LogP contribution is -2.49. The zero-order valence-electron chi connectivity index (χ0n) is 8.27. The molecule has 0 saturated heterocycles. The van der Waals surface area contributed by atoms with Gasteiger partial charge in [0.15, 0.2) is 0 Å². The van der Waals surface area contributed by atoms with E-state index in [2.05, 4.69) is 20.5 Å². The fourth-order valence-electron chi connectivity index (χ4n) is 1.38. The molecule has 0 aliphatic carbocycles. The summed E-state index contributed by atoms with van der Waals surface area (Å²) in [5.41, 5.74) is 1.87. The Morgan fingerprint density at radius 3 is 3.07 bits per heavy atom. The first kappa shape index (κ1) is 9.91. The van der Waals surface area contributed by atoms with Crippen LogP contribution in [0.15, 0.2) is 12.3 Å². The molecule has 80 valence electrons. The number of hydrogen-bond acceptors (Lipinski definition) is 6. The Balaban J connectivity index is 2.41.